The second-order valence-corrected chi connectivity index (χ2v) is 6.11. The molecule has 0 saturated heterocycles. The number of nitrogens with zero attached hydrogens (tertiary/aromatic N) is 4. The first-order valence-electron chi connectivity index (χ1n) is 7.40. The zero-order valence-electron chi connectivity index (χ0n) is 13.6. The molecule has 23 heavy (non-hydrogen) atoms. The van der Waals surface area contributed by atoms with Crippen LogP contribution in [0.1, 0.15) is 18.1 Å². The van der Waals surface area contributed by atoms with Crippen molar-refractivity contribution in [3.05, 3.63) is 51.8 Å². The van der Waals surface area contributed by atoms with Crippen LogP contribution < -0.4 is 5.32 Å². The number of aromatic nitrogens is 2. The molecule has 0 radical (unpaired) electrons. The average molecular weight is 354 g/mol. The van der Waals surface area contributed by atoms with Gasteiger partial charge in [-0.15, -0.1) is 0 Å². The first-order chi connectivity index (χ1) is 11.0. The molecular formula is C16H21Cl2N5. The van der Waals surface area contributed by atoms with Gasteiger partial charge in [0.1, 0.15) is 0 Å². The molecule has 0 aliphatic carbocycles. The predicted octanol–water partition coefficient (Wildman–Crippen LogP) is 3.32. The molecule has 1 N–H and O–H groups in total. The Bertz CT molecular complexity index is 681. The number of aliphatic imine (C=N–C) groups is 1. The predicted molar refractivity (Wildman–Crippen MR) is 96.0 cm³/mol. The Balaban J connectivity index is 2.07. The van der Waals surface area contributed by atoms with Crippen LogP contribution in [0.3, 0.4) is 0 Å². The minimum atomic E-state index is 0.565. The number of hydrogen-bond donors (Lipinski definition) is 1. The number of rotatable bonds is 5. The molecule has 0 bridgehead atoms. The van der Waals surface area contributed by atoms with Crippen LogP contribution in [0, 0.1) is 0 Å². The lowest BCUT2D eigenvalue weighted by molar-refractivity contribution is 0.477. The molecule has 1 aromatic carbocycles. The van der Waals surface area contributed by atoms with Crippen LogP contribution in [0.2, 0.25) is 10.0 Å². The van der Waals surface area contributed by atoms with E-state index in [9.17, 15) is 0 Å². The Labute approximate surface area is 146 Å². The Hall–Kier alpha value is -1.72. The van der Waals surface area contributed by atoms with Gasteiger partial charge in [-0.25, -0.2) is 4.99 Å². The number of hydrogen-bond acceptors (Lipinski definition) is 2. The van der Waals surface area contributed by atoms with E-state index < -0.39 is 0 Å². The van der Waals surface area contributed by atoms with E-state index in [1.807, 2.05) is 51.6 Å². The zero-order chi connectivity index (χ0) is 16.8. The molecule has 0 aliphatic rings. The van der Waals surface area contributed by atoms with Crippen LogP contribution in [0.5, 0.6) is 0 Å². The van der Waals surface area contributed by atoms with Crippen molar-refractivity contribution in [3.8, 4) is 0 Å². The van der Waals surface area contributed by atoms with Crippen molar-refractivity contribution in [1.29, 1.82) is 0 Å². The van der Waals surface area contributed by atoms with Crippen LogP contribution in [0.25, 0.3) is 0 Å². The number of halogens is 2. The Morgan fingerprint density at radius 3 is 2.70 bits per heavy atom. The molecule has 0 fully saturated rings. The molecule has 0 atom stereocenters. The molecule has 7 heteroatoms. The first-order valence-corrected chi connectivity index (χ1v) is 8.16. The highest BCUT2D eigenvalue weighted by atomic mass is 35.5. The molecule has 0 unspecified atom stereocenters. The van der Waals surface area contributed by atoms with E-state index in [1.54, 1.807) is 4.68 Å². The van der Waals surface area contributed by atoms with Gasteiger partial charge in [-0.2, -0.15) is 5.10 Å². The lowest BCUT2D eigenvalue weighted by atomic mass is 10.2. The molecule has 1 heterocycles. The third kappa shape index (κ3) is 5.15. The van der Waals surface area contributed by atoms with Crippen LogP contribution in [-0.2, 0) is 20.1 Å². The average Bonchev–Trinajstić information content (AvgIpc) is 2.92. The van der Waals surface area contributed by atoms with Crippen molar-refractivity contribution in [1.82, 2.24) is 20.0 Å². The summed E-state index contributed by atoms with van der Waals surface area (Å²) in [4.78, 5) is 6.71. The van der Waals surface area contributed by atoms with E-state index in [1.165, 1.54) is 0 Å². The van der Waals surface area contributed by atoms with Gasteiger partial charge in [-0.05, 0) is 24.6 Å². The fourth-order valence-corrected chi connectivity index (χ4v) is 2.50. The molecule has 0 amide bonds. The molecule has 124 valence electrons. The topological polar surface area (TPSA) is 45.5 Å². The molecule has 5 nitrogen and oxygen atoms in total. The van der Waals surface area contributed by atoms with Gasteiger partial charge in [0, 0.05) is 38.9 Å². The summed E-state index contributed by atoms with van der Waals surface area (Å²) in [6, 6.07) is 5.66. The highest BCUT2D eigenvalue weighted by Gasteiger charge is 2.08. The van der Waals surface area contributed by atoms with Crippen molar-refractivity contribution in [2.75, 3.05) is 13.6 Å². The minimum Gasteiger partial charge on any atom is -0.357 e. The lowest BCUT2D eigenvalue weighted by Gasteiger charge is -2.22. The normalized spacial score (nSPS) is 11.6. The molecule has 0 aliphatic heterocycles. The Morgan fingerprint density at radius 2 is 2.09 bits per heavy atom. The van der Waals surface area contributed by atoms with Crippen LogP contribution in [0.4, 0.5) is 0 Å². The highest BCUT2D eigenvalue weighted by molar-refractivity contribution is 6.42. The molecule has 1 aromatic heterocycles. The summed E-state index contributed by atoms with van der Waals surface area (Å²) in [6.07, 6.45) is 3.79. The molecule has 2 aromatic rings. The maximum atomic E-state index is 6.08. The summed E-state index contributed by atoms with van der Waals surface area (Å²) in [7, 11) is 3.89. The molecule has 0 saturated carbocycles. The Kier molecular flexibility index (Phi) is 6.30. The SMILES string of the molecule is CCNC(=NCc1cnn(C)c1)N(C)Cc1ccc(Cl)c(Cl)c1. The van der Waals surface area contributed by atoms with Gasteiger partial charge in [0.15, 0.2) is 5.96 Å². The summed E-state index contributed by atoms with van der Waals surface area (Å²) >= 11 is 12.0. The van der Waals surface area contributed by atoms with E-state index in [0.29, 0.717) is 23.1 Å². The zero-order valence-corrected chi connectivity index (χ0v) is 15.1. The third-order valence-electron chi connectivity index (χ3n) is 3.27. The third-order valence-corrected chi connectivity index (χ3v) is 4.01. The molecule has 2 rings (SSSR count). The van der Waals surface area contributed by atoms with E-state index >= 15 is 0 Å². The maximum Gasteiger partial charge on any atom is 0.194 e. The van der Waals surface area contributed by atoms with Crippen molar-refractivity contribution in [3.63, 3.8) is 0 Å². The van der Waals surface area contributed by atoms with Gasteiger partial charge in [-0.3, -0.25) is 4.68 Å². The number of aryl methyl sites for hydroxylation is 1. The highest BCUT2D eigenvalue weighted by Crippen LogP contribution is 2.23. The van der Waals surface area contributed by atoms with Gasteiger partial charge < -0.3 is 10.2 Å². The lowest BCUT2D eigenvalue weighted by Crippen LogP contribution is -2.38. The second-order valence-electron chi connectivity index (χ2n) is 5.30. The van der Waals surface area contributed by atoms with E-state index in [-0.39, 0.29) is 0 Å². The molecular weight excluding hydrogens is 333 g/mol. The molecule has 0 spiro atoms. The van der Waals surface area contributed by atoms with Gasteiger partial charge in [0.05, 0.1) is 22.8 Å². The van der Waals surface area contributed by atoms with E-state index in [4.69, 9.17) is 23.2 Å². The largest absolute Gasteiger partial charge is 0.357 e. The van der Waals surface area contributed by atoms with Crippen LogP contribution in [0.15, 0.2) is 35.6 Å². The summed E-state index contributed by atoms with van der Waals surface area (Å²) in [5.74, 6) is 0.836. The fourth-order valence-electron chi connectivity index (χ4n) is 2.18. The summed E-state index contributed by atoms with van der Waals surface area (Å²) in [6.45, 7) is 4.13. The summed E-state index contributed by atoms with van der Waals surface area (Å²) < 4.78 is 1.77. The number of benzene rings is 1. The van der Waals surface area contributed by atoms with Crippen LogP contribution in [-0.4, -0.2) is 34.2 Å². The maximum absolute atomic E-state index is 6.08. The van der Waals surface area contributed by atoms with Crippen molar-refractivity contribution >= 4 is 29.2 Å². The standard InChI is InChI=1S/C16H21Cl2N5/c1-4-19-16(20-8-13-9-21-23(3)11-13)22(2)10-12-5-6-14(17)15(18)7-12/h5-7,9,11H,4,8,10H2,1-3H3,(H,19,20). The van der Waals surface area contributed by atoms with Gasteiger partial charge in [0.25, 0.3) is 0 Å². The quantitative estimate of drug-likeness (QED) is 0.662. The van der Waals surface area contributed by atoms with Gasteiger partial charge >= 0.3 is 0 Å². The second kappa shape index (κ2) is 8.22. The number of guanidine groups is 1. The van der Waals surface area contributed by atoms with Crippen molar-refractivity contribution in [2.24, 2.45) is 12.0 Å². The first kappa shape index (κ1) is 17.6. The van der Waals surface area contributed by atoms with Gasteiger partial charge in [-0.1, -0.05) is 29.3 Å². The number of nitrogens with one attached hydrogen (secondary N) is 1. The van der Waals surface area contributed by atoms with Gasteiger partial charge in [0.2, 0.25) is 0 Å². The Morgan fingerprint density at radius 1 is 1.30 bits per heavy atom. The monoisotopic (exact) mass is 353 g/mol. The van der Waals surface area contributed by atoms with Crippen LogP contribution >= 0.6 is 23.2 Å². The minimum absolute atomic E-state index is 0.565. The fraction of sp³-hybridized carbons (Fsp3) is 0.375. The summed E-state index contributed by atoms with van der Waals surface area (Å²) in [5.41, 5.74) is 2.15. The van der Waals surface area contributed by atoms with Crippen molar-refractivity contribution < 1.29 is 0 Å². The van der Waals surface area contributed by atoms with E-state index in [2.05, 4.69) is 20.3 Å². The van der Waals surface area contributed by atoms with Crippen molar-refractivity contribution in [2.45, 2.75) is 20.0 Å². The smallest absolute Gasteiger partial charge is 0.194 e. The van der Waals surface area contributed by atoms with E-state index in [0.717, 1.165) is 23.6 Å². The summed E-state index contributed by atoms with van der Waals surface area (Å²) in [5, 5.41) is 8.58.